The van der Waals surface area contributed by atoms with Gasteiger partial charge >= 0.3 is 6.03 Å². The molecule has 1 aliphatic heterocycles. The molecule has 3 amide bonds. The highest BCUT2D eigenvalue weighted by Gasteiger charge is 2.37. The molecule has 0 bridgehead atoms. The quantitative estimate of drug-likeness (QED) is 0.729. The molecule has 1 unspecified atom stereocenters. The summed E-state index contributed by atoms with van der Waals surface area (Å²) in [5.74, 6) is -0.269. The van der Waals surface area contributed by atoms with Crippen LogP contribution >= 0.6 is 0 Å². The van der Waals surface area contributed by atoms with Crippen molar-refractivity contribution in [1.82, 2.24) is 29.8 Å². The van der Waals surface area contributed by atoms with E-state index in [9.17, 15) is 14.4 Å². The summed E-state index contributed by atoms with van der Waals surface area (Å²) in [6.45, 7) is 4.69. The van der Waals surface area contributed by atoms with Crippen LogP contribution in [0.3, 0.4) is 0 Å². The monoisotopic (exact) mass is 358 g/mol. The molecule has 138 valence electrons. The molecule has 1 saturated heterocycles. The standard InChI is InChI=1S/C17H22N6O3/c1-12(2)23-11-13(19-20-23)10-14-16(25)22(17(26)18-14)9-5-8-21-7-4-3-6-15(21)24/h3-4,6-7,11-12,14H,5,8-10H2,1-2H3,(H,18,26). The fourth-order valence-corrected chi connectivity index (χ4v) is 2.84. The van der Waals surface area contributed by atoms with Gasteiger partial charge in [0, 0.05) is 44.0 Å². The van der Waals surface area contributed by atoms with Crippen molar-refractivity contribution in [3.8, 4) is 0 Å². The van der Waals surface area contributed by atoms with Gasteiger partial charge in [-0.1, -0.05) is 11.3 Å². The Morgan fingerprint density at radius 3 is 2.69 bits per heavy atom. The number of rotatable bonds is 7. The van der Waals surface area contributed by atoms with Crippen LogP contribution in [-0.4, -0.2) is 49.0 Å². The van der Waals surface area contributed by atoms with Crippen LogP contribution in [0.5, 0.6) is 0 Å². The maximum Gasteiger partial charge on any atom is 0.324 e. The minimum Gasteiger partial charge on any atom is -0.325 e. The largest absolute Gasteiger partial charge is 0.325 e. The summed E-state index contributed by atoms with van der Waals surface area (Å²) < 4.78 is 3.27. The number of carbonyl (C=O) groups is 2. The molecule has 9 heteroatoms. The Bertz CT molecular complexity index is 856. The van der Waals surface area contributed by atoms with Crippen LogP contribution in [0.1, 0.15) is 32.0 Å². The Hall–Kier alpha value is -2.97. The third-order valence-corrected chi connectivity index (χ3v) is 4.29. The first-order chi connectivity index (χ1) is 12.5. The molecule has 1 atom stereocenters. The Balaban J connectivity index is 1.56. The molecule has 3 rings (SSSR count). The van der Waals surface area contributed by atoms with Crippen molar-refractivity contribution >= 4 is 11.9 Å². The molecule has 1 aliphatic rings. The minimum absolute atomic E-state index is 0.101. The van der Waals surface area contributed by atoms with E-state index in [0.29, 0.717) is 25.1 Å². The second kappa shape index (κ2) is 7.51. The highest BCUT2D eigenvalue weighted by Crippen LogP contribution is 2.12. The fraction of sp³-hybridized carbons (Fsp3) is 0.471. The molecular weight excluding hydrogens is 336 g/mol. The van der Waals surface area contributed by atoms with E-state index < -0.39 is 12.1 Å². The number of amides is 3. The summed E-state index contributed by atoms with van der Waals surface area (Å²) in [6, 6.07) is 4.08. The van der Waals surface area contributed by atoms with Crippen LogP contribution in [0.25, 0.3) is 0 Å². The van der Waals surface area contributed by atoms with Gasteiger partial charge in [-0.15, -0.1) is 5.10 Å². The molecule has 0 spiro atoms. The molecule has 0 saturated carbocycles. The van der Waals surface area contributed by atoms with E-state index in [1.165, 1.54) is 11.0 Å². The van der Waals surface area contributed by atoms with Crippen molar-refractivity contribution < 1.29 is 9.59 Å². The highest BCUT2D eigenvalue weighted by molar-refractivity contribution is 6.04. The summed E-state index contributed by atoms with van der Waals surface area (Å²) in [7, 11) is 0. The maximum absolute atomic E-state index is 12.5. The van der Waals surface area contributed by atoms with Crippen LogP contribution in [-0.2, 0) is 17.8 Å². The average Bonchev–Trinajstić information content (AvgIpc) is 3.17. The predicted octanol–water partition coefficient (Wildman–Crippen LogP) is 0.574. The van der Waals surface area contributed by atoms with E-state index in [1.807, 2.05) is 13.8 Å². The van der Waals surface area contributed by atoms with Crippen LogP contribution in [0, 0.1) is 0 Å². The number of aryl methyl sites for hydroxylation is 1. The molecule has 1 N–H and O–H groups in total. The maximum atomic E-state index is 12.5. The normalized spacial score (nSPS) is 17.2. The summed E-state index contributed by atoms with van der Waals surface area (Å²) in [5, 5.41) is 10.8. The first-order valence-electron chi connectivity index (χ1n) is 8.64. The van der Waals surface area contributed by atoms with Gasteiger partial charge in [-0.05, 0) is 26.3 Å². The number of carbonyl (C=O) groups excluding carboxylic acids is 2. The van der Waals surface area contributed by atoms with E-state index in [0.717, 1.165) is 0 Å². The Morgan fingerprint density at radius 1 is 1.19 bits per heavy atom. The van der Waals surface area contributed by atoms with Gasteiger partial charge < -0.3 is 9.88 Å². The lowest BCUT2D eigenvalue weighted by Gasteiger charge is -2.13. The third kappa shape index (κ3) is 3.81. The van der Waals surface area contributed by atoms with E-state index in [2.05, 4.69) is 15.6 Å². The minimum atomic E-state index is -0.626. The third-order valence-electron chi connectivity index (χ3n) is 4.29. The van der Waals surface area contributed by atoms with Crippen LogP contribution in [0.2, 0.25) is 0 Å². The highest BCUT2D eigenvalue weighted by atomic mass is 16.2. The summed E-state index contributed by atoms with van der Waals surface area (Å²) in [5.41, 5.74) is 0.561. The second-order valence-electron chi connectivity index (χ2n) is 6.57. The van der Waals surface area contributed by atoms with Gasteiger partial charge in [0.15, 0.2) is 0 Å². The molecule has 0 aromatic carbocycles. The lowest BCUT2D eigenvalue weighted by Crippen LogP contribution is -2.34. The van der Waals surface area contributed by atoms with Gasteiger partial charge in [0.2, 0.25) is 5.56 Å². The van der Waals surface area contributed by atoms with Crippen molar-refractivity contribution in [2.45, 2.75) is 45.3 Å². The van der Waals surface area contributed by atoms with E-state index in [1.54, 1.807) is 33.8 Å². The number of nitrogens with one attached hydrogen (secondary N) is 1. The molecule has 1 fully saturated rings. The first-order valence-corrected chi connectivity index (χ1v) is 8.64. The Kier molecular flexibility index (Phi) is 5.15. The molecule has 2 aromatic rings. The topological polar surface area (TPSA) is 102 Å². The van der Waals surface area contributed by atoms with E-state index >= 15 is 0 Å². The lowest BCUT2D eigenvalue weighted by atomic mass is 10.1. The van der Waals surface area contributed by atoms with Crippen molar-refractivity contribution in [2.24, 2.45) is 0 Å². The van der Waals surface area contributed by atoms with Gasteiger partial charge in [-0.2, -0.15) is 0 Å². The van der Waals surface area contributed by atoms with Gasteiger partial charge in [0.05, 0.1) is 5.69 Å². The zero-order valence-corrected chi connectivity index (χ0v) is 14.8. The molecule has 9 nitrogen and oxygen atoms in total. The molecule has 2 aromatic heterocycles. The smallest absolute Gasteiger partial charge is 0.324 e. The molecule has 0 radical (unpaired) electrons. The van der Waals surface area contributed by atoms with Crippen molar-refractivity contribution in [2.75, 3.05) is 6.54 Å². The Labute approximate surface area is 150 Å². The van der Waals surface area contributed by atoms with Gasteiger partial charge in [-0.25, -0.2) is 9.48 Å². The summed E-state index contributed by atoms with van der Waals surface area (Å²) in [6.07, 6.45) is 4.30. The predicted molar refractivity (Wildman–Crippen MR) is 93.5 cm³/mol. The number of pyridine rings is 1. The zero-order chi connectivity index (χ0) is 18.7. The van der Waals surface area contributed by atoms with Gasteiger partial charge in [-0.3, -0.25) is 14.5 Å². The van der Waals surface area contributed by atoms with E-state index in [4.69, 9.17) is 0 Å². The van der Waals surface area contributed by atoms with Crippen molar-refractivity contribution in [3.05, 3.63) is 46.6 Å². The van der Waals surface area contributed by atoms with Crippen LogP contribution in [0.15, 0.2) is 35.4 Å². The zero-order valence-electron chi connectivity index (χ0n) is 14.8. The molecular formula is C17H22N6O3. The fourth-order valence-electron chi connectivity index (χ4n) is 2.84. The number of urea groups is 1. The van der Waals surface area contributed by atoms with Crippen LogP contribution < -0.4 is 10.9 Å². The van der Waals surface area contributed by atoms with Gasteiger partial charge in [0.1, 0.15) is 6.04 Å². The number of aromatic nitrogens is 4. The second-order valence-corrected chi connectivity index (χ2v) is 6.57. The van der Waals surface area contributed by atoms with Crippen molar-refractivity contribution in [3.63, 3.8) is 0 Å². The summed E-state index contributed by atoms with van der Waals surface area (Å²) in [4.78, 5) is 37.4. The summed E-state index contributed by atoms with van der Waals surface area (Å²) >= 11 is 0. The average molecular weight is 358 g/mol. The Morgan fingerprint density at radius 2 is 2.00 bits per heavy atom. The van der Waals surface area contributed by atoms with Gasteiger partial charge in [0.25, 0.3) is 5.91 Å². The van der Waals surface area contributed by atoms with E-state index in [-0.39, 0.29) is 24.1 Å². The van der Waals surface area contributed by atoms with Crippen LogP contribution in [0.4, 0.5) is 4.79 Å². The number of hydrogen-bond donors (Lipinski definition) is 1. The molecule has 26 heavy (non-hydrogen) atoms. The molecule has 0 aliphatic carbocycles. The lowest BCUT2D eigenvalue weighted by molar-refractivity contribution is -0.127. The number of nitrogens with zero attached hydrogens (tertiary/aromatic N) is 5. The molecule has 3 heterocycles. The SMILES string of the molecule is CC(C)n1cc(CC2NC(=O)N(CCCn3ccccc3=O)C2=O)nn1. The number of imide groups is 1. The first kappa shape index (κ1) is 17.8. The van der Waals surface area contributed by atoms with Crippen molar-refractivity contribution in [1.29, 1.82) is 0 Å². The number of hydrogen-bond acceptors (Lipinski definition) is 5.